The van der Waals surface area contributed by atoms with E-state index in [1.54, 1.807) is 6.92 Å². The minimum absolute atomic E-state index is 0.332. The van der Waals surface area contributed by atoms with E-state index in [0.717, 1.165) is 0 Å². The Balaban J connectivity index is 2.43. The van der Waals surface area contributed by atoms with Gasteiger partial charge in [-0.05, 0) is 6.42 Å². The highest BCUT2D eigenvalue weighted by atomic mass is 16.8. The van der Waals surface area contributed by atoms with Crippen LogP contribution in [0.4, 0.5) is 0 Å². The van der Waals surface area contributed by atoms with Crippen molar-refractivity contribution >= 4 is 29.8 Å². The Labute approximate surface area is 221 Å². The lowest BCUT2D eigenvalue weighted by Gasteiger charge is -2.48. The molecular weight excluding hydrogens is 508 g/mol. The largest absolute Gasteiger partial charge is 0.463 e. The SMILES string of the molecule is CCC1O[C@H](O[C@H]2O[C@H](COC(C)=O)[C@@H](OC(C)=O)C(OC(C)=O)C2C)C(OC(C)=O)[C@@H](OC(C)=O)[C@@H]1C. The van der Waals surface area contributed by atoms with Crippen molar-refractivity contribution < 1.29 is 61.9 Å². The fourth-order valence-corrected chi connectivity index (χ4v) is 4.66. The summed E-state index contributed by atoms with van der Waals surface area (Å²) in [6.07, 6.45) is -7.56. The van der Waals surface area contributed by atoms with Crippen molar-refractivity contribution in [3.05, 3.63) is 0 Å². The Morgan fingerprint density at radius 1 is 0.579 bits per heavy atom. The molecule has 13 heteroatoms. The average molecular weight is 547 g/mol. The molecule has 13 nitrogen and oxygen atoms in total. The first-order valence-corrected chi connectivity index (χ1v) is 12.5. The first-order chi connectivity index (χ1) is 17.7. The van der Waals surface area contributed by atoms with E-state index in [4.69, 9.17) is 37.9 Å². The van der Waals surface area contributed by atoms with Crippen LogP contribution in [0.2, 0.25) is 0 Å². The van der Waals surface area contributed by atoms with Crippen LogP contribution >= 0.6 is 0 Å². The summed E-state index contributed by atoms with van der Waals surface area (Å²) in [7, 11) is 0. The second-order valence-corrected chi connectivity index (χ2v) is 9.45. The van der Waals surface area contributed by atoms with Crippen LogP contribution in [0.3, 0.4) is 0 Å². The Morgan fingerprint density at radius 2 is 1.03 bits per heavy atom. The maximum absolute atomic E-state index is 12.0. The summed E-state index contributed by atoms with van der Waals surface area (Å²) in [5.74, 6) is -4.20. The number of hydrogen-bond acceptors (Lipinski definition) is 13. The van der Waals surface area contributed by atoms with Gasteiger partial charge in [-0.3, -0.25) is 24.0 Å². The molecule has 2 heterocycles. The van der Waals surface area contributed by atoms with E-state index in [9.17, 15) is 24.0 Å². The molecule has 38 heavy (non-hydrogen) atoms. The molecule has 0 N–H and O–H groups in total. The van der Waals surface area contributed by atoms with Gasteiger partial charge in [-0.25, -0.2) is 0 Å². The molecule has 0 aromatic rings. The van der Waals surface area contributed by atoms with E-state index >= 15 is 0 Å². The van der Waals surface area contributed by atoms with Gasteiger partial charge >= 0.3 is 29.8 Å². The van der Waals surface area contributed by atoms with E-state index < -0.39 is 85.0 Å². The zero-order valence-corrected chi connectivity index (χ0v) is 23.0. The van der Waals surface area contributed by atoms with Gasteiger partial charge in [-0.1, -0.05) is 20.8 Å². The molecule has 0 saturated carbocycles. The molecule has 0 aromatic heterocycles. The Kier molecular flexibility index (Phi) is 11.5. The zero-order valence-electron chi connectivity index (χ0n) is 23.0. The maximum Gasteiger partial charge on any atom is 0.303 e. The third-order valence-corrected chi connectivity index (χ3v) is 6.28. The lowest BCUT2D eigenvalue weighted by atomic mass is 9.88. The fourth-order valence-electron chi connectivity index (χ4n) is 4.66. The quantitative estimate of drug-likeness (QED) is 0.302. The molecule has 2 fully saturated rings. The Bertz CT molecular complexity index is 873. The summed E-state index contributed by atoms with van der Waals surface area (Å²) in [5, 5.41) is 0. The third kappa shape index (κ3) is 8.37. The summed E-state index contributed by atoms with van der Waals surface area (Å²) >= 11 is 0. The van der Waals surface area contributed by atoms with Crippen molar-refractivity contribution in [1.29, 1.82) is 0 Å². The van der Waals surface area contributed by atoms with Gasteiger partial charge in [0.25, 0.3) is 0 Å². The van der Waals surface area contributed by atoms with Crippen molar-refractivity contribution in [2.45, 2.75) is 111 Å². The van der Waals surface area contributed by atoms with Crippen molar-refractivity contribution in [2.24, 2.45) is 11.8 Å². The van der Waals surface area contributed by atoms with Gasteiger partial charge in [0.15, 0.2) is 18.5 Å². The first-order valence-electron chi connectivity index (χ1n) is 12.5. The predicted octanol–water partition coefficient (Wildman–Crippen LogP) is 1.42. The Morgan fingerprint density at radius 3 is 1.50 bits per heavy atom. The van der Waals surface area contributed by atoms with Gasteiger partial charge in [-0.15, -0.1) is 0 Å². The Hall–Kier alpha value is -2.77. The van der Waals surface area contributed by atoms with Crippen LogP contribution in [0.15, 0.2) is 0 Å². The van der Waals surface area contributed by atoms with Crippen LogP contribution < -0.4 is 0 Å². The molecule has 0 spiro atoms. The van der Waals surface area contributed by atoms with Gasteiger partial charge in [-0.2, -0.15) is 0 Å². The van der Waals surface area contributed by atoms with Gasteiger partial charge in [0.1, 0.15) is 24.9 Å². The molecule has 0 radical (unpaired) electrons. The maximum atomic E-state index is 12.0. The van der Waals surface area contributed by atoms with E-state index in [2.05, 4.69) is 0 Å². The highest BCUT2D eigenvalue weighted by Crippen LogP contribution is 2.37. The predicted molar refractivity (Wildman–Crippen MR) is 126 cm³/mol. The number of rotatable bonds is 9. The van der Waals surface area contributed by atoms with Crippen LogP contribution in [-0.2, 0) is 61.9 Å². The van der Waals surface area contributed by atoms with E-state index in [-0.39, 0.29) is 12.5 Å². The lowest BCUT2D eigenvalue weighted by molar-refractivity contribution is -0.364. The number of ether oxygens (including phenoxy) is 8. The van der Waals surface area contributed by atoms with Crippen molar-refractivity contribution in [3.8, 4) is 0 Å². The summed E-state index contributed by atoms with van der Waals surface area (Å²) in [6.45, 7) is 11.0. The first kappa shape index (κ1) is 31.4. The van der Waals surface area contributed by atoms with Gasteiger partial charge in [0, 0.05) is 46.5 Å². The minimum atomic E-state index is -1.24. The number of esters is 5. The smallest absolute Gasteiger partial charge is 0.303 e. The molecule has 4 unspecified atom stereocenters. The molecule has 10 atom stereocenters. The van der Waals surface area contributed by atoms with E-state index in [1.807, 2.05) is 13.8 Å². The summed E-state index contributed by atoms with van der Waals surface area (Å²) in [6, 6.07) is 0. The monoisotopic (exact) mass is 546 g/mol. The molecule has 216 valence electrons. The van der Waals surface area contributed by atoms with Crippen LogP contribution in [0.5, 0.6) is 0 Å². The number of carbonyl (C=O) groups excluding carboxylic acids is 5. The lowest BCUT2D eigenvalue weighted by Crippen LogP contribution is -2.62. The van der Waals surface area contributed by atoms with Crippen LogP contribution in [0.25, 0.3) is 0 Å². The van der Waals surface area contributed by atoms with Gasteiger partial charge in [0.2, 0.25) is 6.29 Å². The van der Waals surface area contributed by atoms with E-state index in [1.165, 1.54) is 34.6 Å². The van der Waals surface area contributed by atoms with Crippen molar-refractivity contribution in [3.63, 3.8) is 0 Å². The van der Waals surface area contributed by atoms with Crippen LogP contribution in [0, 0.1) is 11.8 Å². The number of hydrogen-bond donors (Lipinski definition) is 0. The zero-order chi connectivity index (χ0) is 28.7. The fraction of sp³-hybridized carbons (Fsp3) is 0.800. The summed E-state index contributed by atoms with van der Waals surface area (Å²) in [5.41, 5.74) is 0. The molecule has 2 aliphatic rings. The topological polar surface area (TPSA) is 159 Å². The summed E-state index contributed by atoms with van der Waals surface area (Å²) in [4.78, 5) is 59.1. The molecule has 0 aliphatic carbocycles. The van der Waals surface area contributed by atoms with Gasteiger partial charge in [0.05, 0.1) is 6.10 Å². The molecule has 0 bridgehead atoms. The molecule has 2 rings (SSSR count). The molecule has 2 saturated heterocycles. The standard InChI is InChI=1S/C25H38O13/c1-9-18-11(2)20(32-14(5)27)23(35-17(8)30)25(36-18)38-24-12(3)21(33-15(6)28)22(34-16(7)29)19(37-24)10-31-13(4)26/h11-12,18-25H,9-10H2,1-8H3/t11-,12?,18?,19-,20+,21?,22-,23?,24-,25-/m1/s1. The van der Waals surface area contributed by atoms with E-state index in [0.29, 0.717) is 6.42 Å². The van der Waals surface area contributed by atoms with Crippen LogP contribution in [0.1, 0.15) is 61.8 Å². The normalized spacial score (nSPS) is 34.9. The molecule has 0 amide bonds. The van der Waals surface area contributed by atoms with Crippen LogP contribution in [-0.4, -0.2) is 85.7 Å². The second-order valence-electron chi connectivity index (χ2n) is 9.45. The van der Waals surface area contributed by atoms with Gasteiger partial charge < -0.3 is 37.9 Å². The molecule has 0 aromatic carbocycles. The third-order valence-electron chi connectivity index (χ3n) is 6.28. The number of carbonyl (C=O) groups is 5. The molecule has 2 aliphatic heterocycles. The molecular formula is C25H38O13. The second kappa shape index (κ2) is 13.9. The highest BCUT2D eigenvalue weighted by molar-refractivity contribution is 5.68. The minimum Gasteiger partial charge on any atom is -0.463 e. The highest BCUT2D eigenvalue weighted by Gasteiger charge is 2.53. The van der Waals surface area contributed by atoms with Crippen molar-refractivity contribution in [1.82, 2.24) is 0 Å². The average Bonchev–Trinajstić information content (AvgIpc) is 2.79. The summed E-state index contributed by atoms with van der Waals surface area (Å²) < 4.78 is 45.3. The van der Waals surface area contributed by atoms with Crippen molar-refractivity contribution in [2.75, 3.05) is 6.61 Å².